The lowest BCUT2D eigenvalue weighted by Gasteiger charge is -2.17. The molecule has 27 heavy (non-hydrogen) atoms. The molecule has 0 bridgehead atoms. The fourth-order valence-corrected chi connectivity index (χ4v) is 2.92. The van der Waals surface area contributed by atoms with E-state index in [0.717, 1.165) is 11.3 Å². The van der Waals surface area contributed by atoms with Crippen molar-refractivity contribution in [2.45, 2.75) is 6.54 Å². The summed E-state index contributed by atoms with van der Waals surface area (Å²) in [5.74, 6) is -0.425. The van der Waals surface area contributed by atoms with Crippen LogP contribution in [0.4, 0.5) is 0 Å². The summed E-state index contributed by atoms with van der Waals surface area (Å²) in [6.07, 6.45) is 3.56. The Kier molecular flexibility index (Phi) is 4.25. The number of nitrogens with zero attached hydrogens (tertiary/aromatic N) is 4. The highest BCUT2D eigenvalue weighted by Gasteiger charge is 2.18. The summed E-state index contributed by atoms with van der Waals surface area (Å²) < 4.78 is 1.75. The molecule has 1 amide bonds. The summed E-state index contributed by atoms with van der Waals surface area (Å²) in [5.41, 5.74) is 2.41. The van der Waals surface area contributed by atoms with Gasteiger partial charge in [-0.25, -0.2) is 9.67 Å². The predicted octanol–water partition coefficient (Wildman–Crippen LogP) is 2.38. The zero-order valence-electron chi connectivity index (χ0n) is 14.7. The Balaban J connectivity index is 1.59. The highest BCUT2D eigenvalue weighted by Crippen LogP contribution is 2.13. The summed E-state index contributed by atoms with van der Waals surface area (Å²) in [4.78, 5) is 33.5. The van der Waals surface area contributed by atoms with E-state index in [-0.39, 0.29) is 5.69 Å². The van der Waals surface area contributed by atoms with Crippen LogP contribution < -0.4 is 5.56 Å². The van der Waals surface area contributed by atoms with Crippen molar-refractivity contribution in [2.24, 2.45) is 0 Å². The average molecular weight is 359 g/mol. The van der Waals surface area contributed by atoms with Crippen LogP contribution in [-0.4, -0.2) is 37.6 Å². The minimum absolute atomic E-state index is 0.112. The van der Waals surface area contributed by atoms with Gasteiger partial charge in [-0.1, -0.05) is 24.3 Å². The van der Waals surface area contributed by atoms with Crippen molar-refractivity contribution in [3.8, 4) is 5.69 Å². The minimum atomic E-state index is -0.490. The van der Waals surface area contributed by atoms with Crippen LogP contribution in [0.15, 0.2) is 71.8 Å². The smallest absolute Gasteiger partial charge is 0.280 e. The quantitative estimate of drug-likeness (QED) is 0.606. The van der Waals surface area contributed by atoms with Gasteiger partial charge in [0.2, 0.25) is 0 Å². The maximum Gasteiger partial charge on any atom is 0.280 e. The Hall–Kier alpha value is -3.74. The molecule has 4 aromatic rings. The highest BCUT2D eigenvalue weighted by atomic mass is 16.2. The molecule has 134 valence electrons. The number of hydrogen-bond donors (Lipinski definition) is 1. The van der Waals surface area contributed by atoms with E-state index in [1.807, 2.05) is 42.6 Å². The third kappa shape index (κ3) is 3.35. The number of para-hydroxylation sites is 2. The van der Waals surface area contributed by atoms with E-state index < -0.39 is 11.5 Å². The first kappa shape index (κ1) is 16.7. The first-order valence-electron chi connectivity index (χ1n) is 8.45. The third-order valence-corrected chi connectivity index (χ3v) is 4.25. The van der Waals surface area contributed by atoms with Gasteiger partial charge in [-0.2, -0.15) is 5.10 Å². The molecule has 0 aliphatic heterocycles. The first-order chi connectivity index (χ1) is 13.1. The van der Waals surface area contributed by atoms with E-state index in [2.05, 4.69) is 15.1 Å². The van der Waals surface area contributed by atoms with E-state index in [1.165, 1.54) is 4.90 Å². The molecule has 1 N–H and O–H groups in total. The number of carbonyl (C=O) groups excluding carboxylic acids is 1. The molecule has 0 saturated carbocycles. The van der Waals surface area contributed by atoms with Crippen LogP contribution in [0.3, 0.4) is 0 Å². The van der Waals surface area contributed by atoms with Crippen molar-refractivity contribution in [1.82, 2.24) is 24.6 Å². The van der Waals surface area contributed by atoms with Gasteiger partial charge in [0.05, 0.1) is 16.7 Å². The molecule has 2 aromatic heterocycles. The molecular weight excluding hydrogens is 342 g/mol. The number of nitrogens with one attached hydrogen (secondary N) is 1. The molecule has 2 heterocycles. The normalized spacial score (nSPS) is 10.9. The number of fused-ring (bicyclic) bond motifs is 1. The molecule has 0 atom stereocenters. The number of hydrogen-bond acceptors (Lipinski definition) is 4. The first-order valence-corrected chi connectivity index (χ1v) is 8.45. The van der Waals surface area contributed by atoms with Gasteiger partial charge >= 0.3 is 0 Å². The summed E-state index contributed by atoms with van der Waals surface area (Å²) in [6.45, 7) is 0.349. The maximum absolute atomic E-state index is 12.8. The van der Waals surface area contributed by atoms with E-state index in [0.29, 0.717) is 17.6 Å². The molecule has 0 saturated heterocycles. The number of aromatic amines is 1. The fourth-order valence-electron chi connectivity index (χ4n) is 2.92. The average Bonchev–Trinajstić information content (AvgIpc) is 3.22. The fraction of sp³-hybridized carbons (Fsp3) is 0.100. The SMILES string of the molecule is CN(Cc1cccc(-n2cccn2)c1)C(=O)c1nc2ccccc2[nH]c1=O. The van der Waals surface area contributed by atoms with Crippen LogP contribution in [0.2, 0.25) is 0 Å². The Morgan fingerprint density at radius 2 is 2.00 bits per heavy atom. The van der Waals surface area contributed by atoms with Gasteiger partial charge in [-0.3, -0.25) is 9.59 Å². The standard InChI is InChI=1S/C20H17N5O2/c1-24(13-14-6-4-7-15(12-14)25-11-5-10-21-25)20(27)18-19(26)23-17-9-3-2-8-16(17)22-18/h2-12H,13H2,1H3,(H,23,26). The second kappa shape index (κ2) is 6.87. The predicted molar refractivity (Wildman–Crippen MR) is 102 cm³/mol. The summed E-state index contributed by atoms with van der Waals surface area (Å²) >= 11 is 0. The topological polar surface area (TPSA) is 83.9 Å². The minimum Gasteiger partial charge on any atom is -0.336 e. The molecule has 0 spiro atoms. The van der Waals surface area contributed by atoms with E-state index in [9.17, 15) is 9.59 Å². The Labute approximate surface area is 154 Å². The van der Waals surface area contributed by atoms with E-state index >= 15 is 0 Å². The number of amides is 1. The van der Waals surface area contributed by atoms with Gasteiger partial charge in [-0.05, 0) is 35.9 Å². The van der Waals surface area contributed by atoms with Gasteiger partial charge < -0.3 is 9.88 Å². The summed E-state index contributed by atoms with van der Waals surface area (Å²) in [5, 5.41) is 4.21. The molecule has 2 aromatic carbocycles. The largest absolute Gasteiger partial charge is 0.336 e. The van der Waals surface area contributed by atoms with Gasteiger partial charge in [0, 0.05) is 26.0 Å². The Bertz CT molecular complexity index is 1160. The third-order valence-electron chi connectivity index (χ3n) is 4.25. The van der Waals surface area contributed by atoms with Crippen molar-refractivity contribution >= 4 is 16.9 Å². The van der Waals surface area contributed by atoms with Crippen molar-refractivity contribution in [1.29, 1.82) is 0 Å². The number of H-pyrrole nitrogens is 1. The zero-order valence-corrected chi connectivity index (χ0v) is 14.7. The van der Waals surface area contributed by atoms with Crippen molar-refractivity contribution < 1.29 is 4.79 Å². The summed E-state index contributed by atoms with van der Waals surface area (Å²) in [7, 11) is 1.65. The van der Waals surface area contributed by atoms with Gasteiger partial charge in [0.15, 0.2) is 5.69 Å². The van der Waals surface area contributed by atoms with Crippen LogP contribution in [0.1, 0.15) is 16.1 Å². The molecule has 0 fully saturated rings. The van der Waals surface area contributed by atoms with Crippen LogP contribution in [0.5, 0.6) is 0 Å². The lowest BCUT2D eigenvalue weighted by atomic mass is 10.2. The molecule has 0 radical (unpaired) electrons. The molecule has 0 aliphatic carbocycles. The molecule has 0 aliphatic rings. The highest BCUT2D eigenvalue weighted by molar-refractivity contribution is 5.93. The van der Waals surface area contributed by atoms with Gasteiger partial charge in [0.25, 0.3) is 11.5 Å². The summed E-state index contributed by atoms with van der Waals surface area (Å²) in [6, 6.07) is 16.7. The van der Waals surface area contributed by atoms with E-state index in [4.69, 9.17) is 0 Å². The number of aromatic nitrogens is 4. The van der Waals surface area contributed by atoms with Crippen LogP contribution in [0, 0.1) is 0 Å². The van der Waals surface area contributed by atoms with Crippen LogP contribution in [0.25, 0.3) is 16.7 Å². The van der Waals surface area contributed by atoms with Crippen LogP contribution in [-0.2, 0) is 6.54 Å². The zero-order chi connectivity index (χ0) is 18.8. The number of carbonyl (C=O) groups is 1. The number of benzene rings is 2. The van der Waals surface area contributed by atoms with Gasteiger partial charge in [-0.15, -0.1) is 0 Å². The lowest BCUT2D eigenvalue weighted by molar-refractivity contribution is 0.0778. The van der Waals surface area contributed by atoms with Crippen molar-refractivity contribution in [2.75, 3.05) is 7.05 Å². The molecule has 4 rings (SSSR count). The molecule has 7 nitrogen and oxygen atoms in total. The maximum atomic E-state index is 12.8. The van der Waals surface area contributed by atoms with Crippen LogP contribution >= 0.6 is 0 Å². The molecule has 0 unspecified atom stereocenters. The number of rotatable bonds is 4. The lowest BCUT2D eigenvalue weighted by Crippen LogP contribution is -2.32. The van der Waals surface area contributed by atoms with Crippen molar-refractivity contribution in [3.05, 3.63) is 88.6 Å². The Morgan fingerprint density at radius 3 is 2.81 bits per heavy atom. The molecule has 7 heteroatoms. The monoisotopic (exact) mass is 359 g/mol. The molecular formula is C20H17N5O2. The second-order valence-electron chi connectivity index (χ2n) is 6.21. The van der Waals surface area contributed by atoms with Gasteiger partial charge in [0.1, 0.15) is 0 Å². The van der Waals surface area contributed by atoms with E-state index in [1.54, 1.807) is 36.1 Å². The Morgan fingerprint density at radius 1 is 1.15 bits per heavy atom. The second-order valence-corrected chi connectivity index (χ2v) is 6.21. The van der Waals surface area contributed by atoms with Crippen molar-refractivity contribution in [3.63, 3.8) is 0 Å².